The van der Waals surface area contributed by atoms with Crippen molar-refractivity contribution in [3.8, 4) is 17.2 Å². The van der Waals surface area contributed by atoms with Crippen LogP contribution in [0.15, 0.2) is 55.1 Å². The Balaban J connectivity index is 2.32. The van der Waals surface area contributed by atoms with Crippen LogP contribution in [0.2, 0.25) is 0 Å². The van der Waals surface area contributed by atoms with Crippen LogP contribution < -0.4 is 14.2 Å². The number of benzene rings is 2. The molecule has 2 rings (SSSR count). The van der Waals surface area contributed by atoms with E-state index in [9.17, 15) is 9.59 Å². The van der Waals surface area contributed by atoms with Crippen LogP contribution in [0.5, 0.6) is 17.2 Å². The van der Waals surface area contributed by atoms with Crippen molar-refractivity contribution in [1.29, 1.82) is 0 Å². The summed E-state index contributed by atoms with van der Waals surface area (Å²) in [6.45, 7) is 14.4. The van der Waals surface area contributed by atoms with Crippen LogP contribution in [0.1, 0.15) is 68.9 Å². The minimum Gasteiger partial charge on any atom is -0.493 e. The van der Waals surface area contributed by atoms with Gasteiger partial charge in [0, 0.05) is 5.56 Å². The van der Waals surface area contributed by atoms with Gasteiger partial charge in [-0.05, 0) is 88.1 Å². The molecule has 5 heteroatoms. The molecule has 182 valence electrons. The van der Waals surface area contributed by atoms with Gasteiger partial charge in [-0.15, -0.1) is 6.58 Å². The molecule has 0 atom stereocenters. The molecule has 0 unspecified atom stereocenters. The monoisotopic (exact) mass is 464 g/mol. The number of rotatable bonds is 12. The fourth-order valence-corrected chi connectivity index (χ4v) is 3.02. The van der Waals surface area contributed by atoms with Gasteiger partial charge < -0.3 is 14.2 Å². The summed E-state index contributed by atoms with van der Waals surface area (Å²) in [5.74, 6) is 1.29. The van der Waals surface area contributed by atoms with Crippen LogP contribution in [-0.4, -0.2) is 25.0 Å². The number of carbonyl (C=O) groups excluding carboxylic acids is 2. The van der Waals surface area contributed by atoms with Crippen molar-refractivity contribution in [1.82, 2.24) is 0 Å². The summed E-state index contributed by atoms with van der Waals surface area (Å²) in [5, 5.41) is 0. The lowest BCUT2D eigenvalue weighted by Crippen LogP contribution is -2.25. The molecule has 0 saturated heterocycles. The number of ether oxygens (including phenoxy) is 3. The van der Waals surface area contributed by atoms with Crippen LogP contribution >= 0.6 is 0 Å². The first kappa shape index (κ1) is 26.9. The summed E-state index contributed by atoms with van der Waals surface area (Å²) in [4.78, 5) is 24.9. The van der Waals surface area contributed by atoms with Gasteiger partial charge in [0.2, 0.25) is 0 Å². The van der Waals surface area contributed by atoms with Gasteiger partial charge in [0.25, 0.3) is 0 Å². The van der Waals surface area contributed by atoms with E-state index in [0.29, 0.717) is 42.4 Å². The molecule has 0 aliphatic carbocycles. The normalized spacial score (nSPS) is 11.3. The van der Waals surface area contributed by atoms with Gasteiger partial charge in [0.1, 0.15) is 17.2 Å². The Bertz CT molecular complexity index is 1010. The topological polar surface area (TPSA) is 61.8 Å². The molecule has 0 bridgehead atoms. The first-order chi connectivity index (χ1) is 16.2. The van der Waals surface area contributed by atoms with E-state index in [-0.39, 0.29) is 11.8 Å². The number of hydrogen-bond acceptors (Lipinski definition) is 5. The van der Waals surface area contributed by atoms with E-state index >= 15 is 0 Å². The first-order valence-corrected chi connectivity index (χ1v) is 11.8. The van der Waals surface area contributed by atoms with Gasteiger partial charge in [0.15, 0.2) is 5.78 Å². The third kappa shape index (κ3) is 7.62. The molecular weight excluding hydrogens is 428 g/mol. The van der Waals surface area contributed by atoms with Crippen LogP contribution in [0.4, 0.5) is 0 Å². The highest BCUT2D eigenvalue weighted by atomic mass is 16.5. The van der Waals surface area contributed by atoms with E-state index < -0.39 is 5.41 Å². The van der Waals surface area contributed by atoms with E-state index in [1.807, 2.05) is 32.1 Å². The molecule has 0 aromatic heterocycles. The lowest BCUT2D eigenvalue weighted by Gasteiger charge is -2.17. The number of esters is 1. The van der Waals surface area contributed by atoms with Gasteiger partial charge in [-0.2, -0.15) is 0 Å². The third-order valence-electron chi connectivity index (χ3n) is 4.88. The van der Waals surface area contributed by atoms with Crippen molar-refractivity contribution in [2.45, 2.75) is 53.9 Å². The van der Waals surface area contributed by atoms with E-state index in [0.717, 1.165) is 24.0 Å². The Labute approximate surface area is 203 Å². The summed E-state index contributed by atoms with van der Waals surface area (Å²) in [6.07, 6.45) is 7.47. The molecule has 0 fully saturated rings. The summed E-state index contributed by atoms with van der Waals surface area (Å²) in [6, 6.07) is 10.4. The Morgan fingerprint density at radius 2 is 1.59 bits per heavy atom. The second-order valence-corrected chi connectivity index (χ2v) is 9.02. The summed E-state index contributed by atoms with van der Waals surface area (Å²) in [5.41, 5.74) is 1.61. The number of allylic oxidation sites excluding steroid dienone is 2. The van der Waals surface area contributed by atoms with E-state index in [4.69, 9.17) is 14.2 Å². The quantitative estimate of drug-likeness (QED) is 0.113. The van der Waals surface area contributed by atoms with Gasteiger partial charge in [-0.25, -0.2) is 0 Å². The Morgan fingerprint density at radius 1 is 0.941 bits per heavy atom. The van der Waals surface area contributed by atoms with Gasteiger partial charge in [-0.1, -0.05) is 26.0 Å². The second-order valence-electron chi connectivity index (χ2n) is 9.02. The number of ketones is 1. The molecule has 5 nitrogen and oxygen atoms in total. The van der Waals surface area contributed by atoms with E-state index in [2.05, 4.69) is 6.58 Å². The fraction of sp³-hybridized carbons (Fsp3) is 0.379. The molecule has 0 radical (unpaired) electrons. The molecule has 2 aromatic rings. The Hall–Kier alpha value is -3.34. The van der Waals surface area contributed by atoms with Crippen molar-refractivity contribution in [3.63, 3.8) is 0 Å². The average molecular weight is 465 g/mol. The van der Waals surface area contributed by atoms with Gasteiger partial charge in [0.05, 0.1) is 24.2 Å². The summed E-state index contributed by atoms with van der Waals surface area (Å²) in [7, 11) is 0. The third-order valence-corrected chi connectivity index (χ3v) is 4.88. The maximum atomic E-state index is 12.9. The lowest BCUT2D eigenvalue weighted by atomic mass is 9.97. The molecule has 0 amide bonds. The molecule has 0 aliphatic heterocycles. The highest BCUT2D eigenvalue weighted by Crippen LogP contribution is 2.35. The predicted molar refractivity (Wildman–Crippen MR) is 137 cm³/mol. The van der Waals surface area contributed by atoms with Crippen molar-refractivity contribution in [2.75, 3.05) is 13.2 Å². The molecule has 0 spiro atoms. The van der Waals surface area contributed by atoms with Gasteiger partial charge >= 0.3 is 5.97 Å². The Kier molecular flexibility index (Phi) is 10.1. The lowest BCUT2D eigenvalue weighted by molar-refractivity contribution is -0.143. The molecular formula is C29H36O5. The van der Waals surface area contributed by atoms with Crippen LogP contribution in [0.3, 0.4) is 0 Å². The molecule has 34 heavy (non-hydrogen) atoms. The van der Waals surface area contributed by atoms with Crippen LogP contribution in [0, 0.1) is 5.41 Å². The van der Waals surface area contributed by atoms with Crippen LogP contribution in [-0.2, 0) is 11.2 Å². The zero-order valence-electron chi connectivity index (χ0n) is 21.0. The summed E-state index contributed by atoms with van der Waals surface area (Å²) >= 11 is 0. The fourth-order valence-electron chi connectivity index (χ4n) is 3.02. The van der Waals surface area contributed by atoms with Crippen molar-refractivity contribution in [3.05, 3.63) is 71.8 Å². The molecule has 0 heterocycles. The van der Waals surface area contributed by atoms with Gasteiger partial charge in [-0.3, -0.25) is 9.59 Å². The van der Waals surface area contributed by atoms with E-state index in [1.54, 1.807) is 51.1 Å². The molecule has 0 saturated carbocycles. The zero-order valence-corrected chi connectivity index (χ0v) is 21.0. The molecule has 2 aromatic carbocycles. The van der Waals surface area contributed by atoms with E-state index in [1.165, 1.54) is 6.08 Å². The number of hydrogen-bond donors (Lipinski definition) is 0. The maximum absolute atomic E-state index is 12.9. The highest BCUT2D eigenvalue weighted by Gasteiger charge is 2.23. The number of carbonyl (C=O) groups is 2. The Morgan fingerprint density at radius 3 is 2.18 bits per heavy atom. The largest absolute Gasteiger partial charge is 0.493 e. The average Bonchev–Trinajstić information content (AvgIpc) is 2.81. The van der Waals surface area contributed by atoms with Crippen LogP contribution in [0.25, 0.3) is 6.08 Å². The zero-order chi connectivity index (χ0) is 25.1. The molecule has 0 N–H and O–H groups in total. The predicted octanol–water partition coefficient (Wildman–Crippen LogP) is 6.84. The summed E-state index contributed by atoms with van der Waals surface area (Å²) < 4.78 is 17.4. The first-order valence-electron chi connectivity index (χ1n) is 11.8. The smallest absolute Gasteiger partial charge is 0.316 e. The minimum atomic E-state index is -0.605. The highest BCUT2D eigenvalue weighted by molar-refractivity contribution is 6.07. The standard InChI is InChI=1S/C29H36O5/c1-7-10-22-13-18-26(32-19-8-2)24(27(22)33-20-9-3)16-17-25(30)21-11-14-23(15-12-21)34-28(31)29(4,5)6/h7,11-18H,1,8-10,19-20H2,2-6H3. The molecule has 0 aliphatic rings. The van der Waals surface area contributed by atoms with Crippen molar-refractivity contribution in [2.24, 2.45) is 5.41 Å². The van der Waals surface area contributed by atoms with Crippen molar-refractivity contribution >= 4 is 17.8 Å². The maximum Gasteiger partial charge on any atom is 0.316 e. The minimum absolute atomic E-state index is 0.175. The SMILES string of the molecule is C=CCc1ccc(OCCC)c(C=CC(=O)c2ccc(OC(=O)C(C)(C)C)cc2)c1OCCC. The second kappa shape index (κ2) is 12.8. The van der Waals surface area contributed by atoms with Crippen molar-refractivity contribution < 1.29 is 23.8 Å².